The van der Waals surface area contributed by atoms with Crippen LogP contribution in [0.2, 0.25) is 0 Å². The zero-order valence-corrected chi connectivity index (χ0v) is 16.9. The zero-order chi connectivity index (χ0) is 22.0. The number of hydrogen-bond acceptors (Lipinski definition) is 7. The lowest BCUT2D eigenvalue weighted by Gasteiger charge is -2.09. The molecule has 4 rings (SSSR count). The van der Waals surface area contributed by atoms with Crippen molar-refractivity contribution in [3.63, 3.8) is 0 Å². The maximum atomic E-state index is 11.8. The molecule has 0 spiro atoms. The number of nitro groups is 1. The Morgan fingerprint density at radius 3 is 2.71 bits per heavy atom. The Balaban J connectivity index is 1.80. The summed E-state index contributed by atoms with van der Waals surface area (Å²) in [4.78, 5) is 30.1. The molecular weight excluding hydrogens is 402 g/mol. The smallest absolute Gasteiger partial charge is 0.450 e. The number of aryl methyl sites for hydroxylation is 1. The van der Waals surface area contributed by atoms with E-state index in [0.717, 1.165) is 27.4 Å². The Morgan fingerprint density at radius 2 is 1.97 bits per heavy atom. The van der Waals surface area contributed by atoms with Crippen molar-refractivity contribution in [2.45, 2.75) is 20.3 Å². The van der Waals surface area contributed by atoms with Gasteiger partial charge in [-0.3, -0.25) is 10.1 Å². The van der Waals surface area contributed by atoms with Gasteiger partial charge in [-0.2, -0.15) is 0 Å². The number of H-pyrrole nitrogens is 1. The number of pyridine rings is 1. The van der Waals surface area contributed by atoms with Crippen molar-refractivity contribution in [3.05, 3.63) is 64.3 Å². The number of nitrogens with zero attached hydrogens (tertiary/aromatic N) is 2. The van der Waals surface area contributed by atoms with Crippen LogP contribution in [0.25, 0.3) is 21.8 Å². The van der Waals surface area contributed by atoms with Gasteiger partial charge in [0.25, 0.3) is 0 Å². The van der Waals surface area contributed by atoms with Crippen LogP contribution in [0.4, 0.5) is 10.5 Å². The summed E-state index contributed by atoms with van der Waals surface area (Å²) in [5, 5.41) is 12.9. The lowest BCUT2D eigenvalue weighted by atomic mass is 10.1. The summed E-state index contributed by atoms with van der Waals surface area (Å²) in [5.41, 5.74) is 2.21. The first-order chi connectivity index (χ1) is 15.0. The number of aromatic amines is 1. The van der Waals surface area contributed by atoms with Crippen LogP contribution in [0.5, 0.6) is 17.4 Å². The number of carbonyl (C=O) groups excluding carboxylic acids is 1. The first kappa shape index (κ1) is 20.1. The fourth-order valence-electron chi connectivity index (χ4n) is 3.45. The summed E-state index contributed by atoms with van der Waals surface area (Å²) in [6.07, 6.45) is 1.33. The fraction of sp³-hybridized carbons (Fsp3) is 0.182. The molecule has 9 nitrogen and oxygen atoms in total. The quantitative estimate of drug-likeness (QED) is 0.248. The van der Waals surface area contributed by atoms with Gasteiger partial charge >= 0.3 is 11.8 Å². The van der Waals surface area contributed by atoms with Gasteiger partial charge in [-0.1, -0.05) is 19.1 Å². The second-order valence-corrected chi connectivity index (χ2v) is 6.63. The molecule has 0 saturated heterocycles. The van der Waals surface area contributed by atoms with E-state index in [2.05, 4.69) is 9.97 Å². The monoisotopic (exact) mass is 421 g/mol. The number of benzene rings is 2. The van der Waals surface area contributed by atoms with E-state index >= 15 is 0 Å². The summed E-state index contributed by atoms with van der Waals surface area (Å²) < 4.78 is 16.0. The number of nitro benzene ring substituents is 1. The summed E-state index contributed by atoms with van der Waals surface area (Å²) in [7, 11) is 0. The van der Waals surface area contributed by atoms with Crippen LogP contribution in [-0.4, -0.2) is 27.7 Å². The lowest BCUT2D eigenvalue weighted by molar-refractivity contribution is -0.385. The van der Waals surface area contributed by atoms with E-state index in [1.54, 1.807) is 43.5 Å². The van der Waals surface area contributed by atoms with E-state index in [-0.39, 0.29) is 23.9 Å². The molecule has 0 aliphatic rings. The predicted octanol–water partition coefficient (Wildman–Crippen LogP) is 5.51. The normalized spacial score (nSPS) is 10.9. The molecule has 0 unspecified atom stereocenters. The Morgan fingerprint density at radius 1 is 1.16 bits per heavy atom. The molecule has 31 heavy (non-hydrogen) atoms. The standard InChI is InChI=1S/C22H19N3O6/c1-3-14-20-15-11-13(30-19-8-6-5-7-18(19)25(27)28)9-10-16(15)24-17(20)12-23-21(14)31-22(26)29-4-2/h5-12,24H,3-4H2,1-2H3. The van der Waals surface area contributed by atoms with Gasteiger partial charge in [0, 0.05) is 27.9 Å². The predicted molar refractivity (Wildman–Crippen MR) is 114 cm³/mol. The molecule has 0 aliphatic carbocycles. The summed E-state index contributed by atoms with van der Waals surface area (Å²) in [6.45, 7) is 3.82. The van der Waals surface area contributed by atoms with Crippen molar-refractivity contribution >= 4 is 33.6 Å². The van der Waals surface area contributed by atoms with Gasteiger partial charge in [-0.25, -0.2) is 9.78 Å². The maximum absolute atomic E-state index is 11.8. The molecule has 0 fully saturated rings. The number of rotatable bonds is 6. The zero-order valence-electron chi connectivity index (χ0n) is 16.9. The van der Waals surface area contributed by atoms with Gasteiger partial charge in [0.05, 0.1) is 23.2 Å². The van der Waals surface area contributed by atoms with Crippen molar-refractivity contribution in [2.24, 2.45) is 0 Å². The molecule has 0 saturated carbocycles. The molecule has 9 heteroatoms. The summed E-state index contributed by atoms with van der Waals surface area (Å²) in [5.74, 6) is 0.768. The highest BCUT2D eigenvalue weighted by Gasteiger charge is 2.19. The number of fused-ring (bicyclic) bond motifs is 3. The Hall–Kier alpha value is -4.14. The maximum Gasteiger partial charge on any atom is 0.515 e. The third-order valence-corrected chi connectivity index (χ3v) is 4.76. The summed E-state index contributed by atoms with van der Waals surface area (Å²) in [6, 6.07) is 11.5. The minimum absolute atomic E-state index is 0.120. The molecule has 0 atom stereocenters. The first-order valence-corrected chi connectivity index (χ1v) is 9.71. The number of para-hydroxylation sites is 2. The van der Waals surface area contributed by atoms with Crippen LogP contribution < -0.4 is 9.47 Å². The van der Waals surface area contributed by atoms with Crippen molar-refractivity contribution in [3.8, 4) is 17.4 Å². The number of carbonyl (C=O) groups is 1. The molecule has 0 radical (unpaired) electrons. The number of hydrogen-bond donors (Lipinski definition) is 1. The van der Waals surface area contributed by atoms with Crippen LogP contribution in [0.1, 0.15) is 19.4 Å². The summed E-state index contributed by atoms with van der Waals surface area (Å²) >= 11 is 0. The molecule has 2 aromatic heterocycles. The molecule has 0 bridgehead atoms. The van der Waals surface area contributed by atoms with E-state index in [1.165, 1.54) is 6.07 Å². The van der Waals surface area contributed by atoms with Gasteiger partial charge in [0.15, 0.2) is 0 Å². The molecule has 4 aromatic rings. The van der Waals surface area contributed by atoms with E-state index in [9.17, 15) is 14.9 Å². The number of nitrogens with one attached hydrogen (secondary N) is 1. The van der Waals surface area contributed by atoms with Crippen LogP contribution >= 0.6 is 0 Å². The van der Waals surface area contributed by atoms with Crippen LogP contribution in [-0.2, 0) is 11.2 Å². The molecule has 0 aliphatic heterocycles. The molecule has 2 aromatic carbocycles. The largest absolute Gasteiger partial charge is 0.515 e. The average Bonchev–Trinajstić information content (AvgIpc) is 3.12. The van der Waals surface area contributed by atoms with Crippen LogP contribution in [0.15, 0.2) is 48.7 Å². The van der Waals surface area contributed by atoms with Gasteiger partial charge in [-0.15, -0.1) is 0 Å². The van der Waals surface area contributed by atoms with Gasteiger partial charge < -0.3 is 19.2 Å². The Bertz CT molecular complexity index is 1300. The van der Waals surface area contributed by atoms with Gasteiger partial charge in [0.2, 0.25) is 11.6 Å². The van der Waals surface area contributed by atoms with Crippen LogP contribution in [0.3, 0.4) is 0 Å². The fourth-order valence-corrected chi connectivity index (χ4v) is 3.45. The molecule has 2 heterocycles. The minimum Gasteiger partial charge on any atom is -0.450 e. The topological polar surface area (TPSA) is 117 Å². The highest BCUT2D eigenvalue weighted by molar-refractivity contribution is 6.09. The van der Waals surface area contributed by atoms with Crippen LogP contribution in [0, 0.1) is 10.1 Å². The number of ether oxygens (including phenoxy) is 3. The molecule has 0 amide bonds. The third kappa shape index (κ3) is 3.85. The van der Waals surface area contributed by atoms with Crippen molar-refractivity contribution in [2.75, 3.05) is 6.61 Å². The first-order valence-electron chi connectivity index (χ1n) is 9.71. The van der Waals surface area contributed by atoms with E-state index in [4.69, 9.17) is 14.2 Å². The van der Waals surface area contributed by atoms with Crippen molar-refractivity contribution in [1.82, 2.24) is 9.97 Å². The number of aromatic nitrogens is 2. The van der Waals surface area contributed by atoms with Gasteiger partial charge in [-0.05, 0) is 37.6 Å². The lowest BCUT2D eigenvalue weighted by Crippen LogP contribution is -2.12. The highest BCUT2D eigenvalue weighted by Crippen LogP contribution is 2.37. The SMILES string of the molecule is CCOC(=O)Oc1ncc2[nH]c3ccc(Oc4ccccc4[N+](=O)[O-])cc3c2c1CC. The molecule has 1 N–H and O–H groups in total. The van der Waals surface area contributed by atoms with Crippen molar-refractivity contribution < 1.29 is 23.9 Å². The molecular formula is C22H19N3O6. The van der Waals surface area contributed by atoms with Crippen molar-refractivity contribution in [1.29, 1.82) is 0 Å². The second kappa shape index (κ2) is 8.31. The Kier molecular flexibility index (Phi) is 5.40. The minimum atomic E-state index is -0.815. The van der Waals surface area contributed by atoms with E-state index in [1.807, 2.05) is 13.0 Å². The van der Waals surface area contributed by atoms with Gasteiger partial charge in [0.1, 0.15) is 5.75 Å². The van der Waals surface area contributed by atoms with E-state index in [0.29, 0.717) is 12.2 Å². The third-order valence-electron chi connectivity index (χ3n) is 4.76. The second-order valence-electron chi connectivity index (χ2n) is 6.63. The molecule has 158 valence electrons. The highest BCUT2D eigenvalue weighted by atomic mass is 16.7. The average molecular weight is 421 g/mol. The van der Waals surface area contributed by atoms with E-state index < -0.39 is 11.1 Å². The Labute approximate surface area is 176 Å².